The predicted molar refractivity (Wildman–Crippen MR) is 60.6 cm³/mol. The molecule has 6 nitrogen and oxygen atoms in total. The summed E-state index contributed by atoms with van der Waals surface area (Å²) in [4.78, 5) is 13.0. The van der Waals surface area contributed by atoms with Gasteiger partial charge < -0.3 is 0 Å². The predicted octanol–water partition coefficient (Wildman–Crippen LogP) is 3.83. The van der Waals surface area contributed by atoms with Gasteiger partial charge in [0.05, 0.1) is 4.92 Å². The molecular formula is C10H12N4O2. The minimum atomic E-state index is -0.461. The van der Waals surface area contributed by atoms with Crippen LogP contribution in [0.15, 0.2) is 23.3 Å². The number of rotatable bonds is 2. The Labute approximate surface area is 92.7 Å². The average Bonchev–Trinajstić information content (AvgIpc) is 2.16. The zero-order valence-corrected chi connectivity index (χ0v) is 9.34. The second-order valence-electron chi connectivity index (χ2n) is 4.40. The SMILES string of the molecule is CC(C)(C)c1ccc(N=[N+]=[N-])cc1[N+](=O)[O-]. The molecule has 0 saturated carbocycles. The van der Waals surface area contributed by atoms with E-state index in [4.69, 9.17) is 5.53 Å². The van der Waals surface area contributed by atoms with E-state index in [9.17, 15) is 10.1 Å². The third-order valence-electron chi connectivity index (χ3n) is 2.15. The molecule has 0 aliphatic heterocycles. The monoisotopic (exact) mass is 220 g/mol. The van der Waals surface area contributed by atoms with E-state index in [-0.39, 0.29) is 16.8 Å². The van der Waals surface area contributed by atoms with E-state index in [1.54, 1.807) is 12.1 Å². The minimum Gasteiger partial charge on any atom is -0.258 e. The summed E-state index contributed by atoms with van der Waals surface area (Å²) in [6.07, 6.45) is 0. The minimum absolute atomic E-state index is 0.0163. The van der Waals surface area contributed by atoms with Gasteiger partial charge in [-0.1, -0.05) is 38.0 Å². The molecule has 0 bridgehead atoms. The van der Waals surface area contributed by atoms with Gasteiger partial charge in [-0.2, -0.15) is 0 Å². The third kappa shape index (κ3) is 2.49. The zero-order chi connectivity index (χ0) is 12.3. The molecular weight excluding hydrogens is 208 g/mol. The highest BCUT2D eigenvalue weighted by atomic mass is 16.6. The lowest BCUT2D eigenvalue weighted by atomic mass is 9.86. The van der Waals surface area contributed by atoms with Gasteiger partial charge in [-0.25, -0.2) is 0 Å². The van der Waals surface area contributed by atoms with Crippen LogP contribution >= 0.6 is 0 Å². The number of nitro groups is 1. The highest BCUT2D eigenvalue weighted by molar-refractivity contribution is 5.54. The second-order valence-corrected chi connectivity index (χ2v) is 4.40. The quantitative estimate of drug-likeness (QED) is 0.249. The summed E-state index contributed by atoms with van der Waals surface area (Å²) in [5.41, 5.74) is 8.80. The van der Waals surface area contributed by atoms with Gasteiger partial charge in [0, 0.05) is 22.2 Å². The lowest BCUT2D eigenvalue weighted by Crippen LogP contribution is -2.13. The topological polar surface area (TPSA) is 91.9 Å². The summed E-state index contributed by atoms with van der Waals surface area (Å²) in [5, 5.41) is 14.2. The first-order chi connectivity index (χ1) is 7.36. The Bertz CT molecular complexity index is 470. The summed E-state index contributed by atoms with van der Waals surface area (Å²) in [7, 11) is 0. The number of azide groups is 1. The fourth-order valence-corrected chi connectivity index (χ4v) is 1.42. The van der Waals surface area contributed by atoms with Crippen molar-refractivity contribution < 1.29 is 4.92 Å². The Morgan fingerprint density at radius 3 is 2.50 bits per heavy atom. The molecule has 16 heavy (non-hydrogen) atoms. The highest BCUT2D eigenvalue weighted by Gasteiger charge is 2.24. The van der Waals surface area contributed by atoms with Crippen LogP contribution < -0.4 is 0 Å². The van der Waals surface area contributed by atoms with Crippen LogP contribution in [-0.4, -0.2) is 4.92 Å². The molecule has 0 aliphatic carbocycles. The van der Waals surface area contributed by atoms with E-state index in [1.807, 2.05) is 20.8 Å². The van der Waals surface area contributed by atoms with Crippen LogP contribution in [0.4, 0.5) is 11.4 Å². The summed E-state index contributed by atoms with van der Waals surface area (Å²) < 4.78 is 0. The molecule has 0 spiro atoms. The molecule has 0 aliphatic rings. The molecule has 0 atom stereocenters. The lowest BCUT2D eigenvalue weighted by molar-refractivity contribution is -0.385. The van der Waals surface area contributed by atoms with Crippen molar-refractivity contribution in [1.29, 1.82) is 0 Å². The first-order valence-electron chi connectivity index (χ1n) is 4.70. The zero-order valence-electron chi connectivity index (χ0n) is 9.34. The van der Waals surface area contributed by atoms with E-state index >= 15 is 0 Å². The molecule has 0 heterocycles. The molecule has 0 N–H and O–H groups in total. The molecule has 0 saturated heterocycles. The third-order valence-corrected chi connectivity index (χ3v) is 2.15. The van der Waals surface area contributed by atoms with Crippen molar-refractivity contribution in [1.82, 2.24) is 0 Å². The number of nitro benzene ring substituents is 1. The summed E-state index contributed by atoms with van der Waals surface area (Å²) >= 11 is 0. The smallest absolute Gasteiger partial charge is 0.258 e. The molecule has 0 aromatic heterocycles. The average molecular weight is 220 g/mol. The summed E-state index contributed by atoms with van der Waals surface area (Å²) in [5.74, 6) is 0. The molecule has 1 aromatic carbocycles. The van der Waals surface area contributed by atoms with Crippen molar-refractivity contribution in [2.75, 3.05) is 0 Å². The Kier molecular flexibility index (Phi) is 3.15. The van der Waals surface area contributed by atoms with Crippen LogP contribution in [0.5, 0.6) is 0 Å². The van der Waals surface area contributed by atoms with E-state index < -0.39 is 4.92 Å². The van der Waals surface area contributed by atoms with Crippen LogP contribution in [0.3, 0.4) is 0 Å². The molecule has 1 aromatic rings. The van der Waals surface area contributed by atoms with Gasteiger partial charge in [-0.05, 0) is 10.9 Å². The van der Waals surface area contributed by atoms with Crippen molar-refractivity contribution in [3.8, 4) is 0 Å². The van der Waals surface area contributed by atoms with Gasteiger partial charge in [0.15, 0.2) is 0 Å². The van der Waals surface area contributed by atoms with Gasteiger partial charge in [-0.15, -0.1) is 0 Å². The number of benzene rings is 1. The molecule has 84 valence electrons. The van der Waals surface area contributed by atoms with Gasteiger partial charge in [0.1, 0.15) is 0 Å². The number of hydrogen-bond acceptors (Lipinski definition) is 3. The van der Waals surface area contributed by atoms with Crippen LogP contribution in [0.25, 0.3) is 10.4 Å². The van der Waals surface area contributed by atoms with Crippen LogP contribution in [0, 0.1) is 10.1 Å². The van der Waals surface area contributed by atoms with Crippen LogP contribution in [0.1, 0.15) is 26.3 Å². The van der Waals surface area contributed by atoms with Gasteiger partial charge >= 0.3 is 0 Å². The van der Waals surface area contributed by atoms with Crippen molar-refractivity contribution in [3.63, 3.8) is 0 Å². The van der Waals surface area contributed by atoms with Crippen molar-refractivity contribution in [2.45, 2.75) is 26.2 Å². The Hall–Kier alpha value is -2.07. The standard InChI is InChI=1S/C10H12N4O2/c1-10(2,3)8-5-4-7(12-13-11)6-9(8)14(15)16/h4-6H,1-3H3. The Morgan fingerprint density at radius 1 is 1.44 bits per heavy atom. The Morgan fingerprint density at radius 2 is 2.06 bits per heavy atom. The van der Waals surface area contributed by atoms with Gasteiger partial charge in [0.25, 0.3) is 5.69 Å². The maximum absolute atomic E-state index is 10.9. The van der Waals surface area contributed by atoms with Crippen molar-refractivity contribution in [2.24, 2.45) is 5.11 Å². The molecule has 0 fully saturated rings. The molecule has 0 unspecified atom stereocenters. The van der Waals surface area contributed by atoms with E-state index in [1.165, 1.54) is 6.07 Å². The molecule has 1 rings (SSSR count). The normalized spacial score (nSPS) is 10.7. The summed E-state index contributed by atoms with van der Waals surface area (Å²) in [6, 6.07) is 4.50. The second kappa shape index (κ2) is 4.20. The largest absolute Gasteiger partial charge is 0.273 e. The first kappa shape index (κ1) is 12.0. The van der Waals surface area contributed by atoms with Crippen LogP contribution in [-0.2, 0) is 5.41 Å². The van der Waals surface area contributed by atoms with E-state index in [0.29, 0.717) is 5.56 Å². The fourth-order valence-electron chi connectivity index (χ4n) is 1.42. The number of hydrogen-bond donors (Lipinski definition) is 0. The molecule has 0 amide bonds. The van der Waals surface area contributed by atoms with E-state index in [2.05, 4.69) is 10.0 Å². The lowest BCUT2D eigenvalue weighted by Gasteiger charge is -2.18. The van der Waals surface area contributed by atoms with Crippen molar-refractivity contribution in [3.05, 3.63) is 44.3 Å². The van der Waals surface area contributed by atoms with E-state index in [0.717, 1.165) is 0 Å². The summed E-state index contributed by atoms with van der Waals surface area (Å²) in [6.45, 7) is 5.67. The van der Waals surface area contributed by atoms with Crippen LogP contribution in [0.2, 0.25) is 0 Å². The number of nitrogens with zero attached hydrogens (tertiary/aromatic N) is 4. The maximum atomic E-state index is 10.9. The maximum Gasteiger partial charge on any atom is 0.273 e. The van der Waals surface area contributed by atoms with Gasteiger partial charge in [0.2, 0.25) is 0 Å². The molecule has 6 heteroatoms. The first-order valence-corrected chi connectivity index (χ1v) is 4.70. The van der Waals surface area contributed by atoms with Gasteiger partial charge in [-0.3, -0.25) is 10.1 Å². The highest BCUT2D eigenvalue weighted by Crippen LogP contribution is 2.33. The van der Waals surface area contributed by atoms with Crippen molar-refractivity contribution >= 4 is 11.4 Å². The Balaban J connectivity index is 3.42. The fraction of sp³-hybridized carbons (Fsp3) is 0.400. The molecule has 0 radical (unpaired) electrons.